The fourth-order valence-corrected chi connectivity index (χ4v) is 5.16. The molecule has 0 unspecified atom stereocenters. The van der Waals surface area contributed by atoms with Gasteiger partial charge in [0.1, 0.15) is 12.1 Å². The number of carbonyl (C=O) groups excluding carboxylic acids is 5. The molecule has 61 heavy (non-hydrogen) atoms. The van der Waals surface area contributed by atoms with Crippen molar-refractivity contribution in [3.05, 3.63) is 60.2 Å². The number of carbonyl (C=O) groups is 5. The number of amides is 1. The normalized spacial score (nSPS) is 11.5. The third-order valence-corrected chi connectivity index (χ3v) is 8.38. The molecule has 0 spiro atoms. The van der Waals surface area contributed by atoms with Gasteiger partial charge in [0.25, 0.3) is 0 Å². The summed E-state index contributed by atoms with van der Waals surface area (Å²) < 4.78 is 49.9. The van der Waals surface area contributed by atoms with Crippen LogP contribution in [0.3, 0.4) is 0 Å². The minimum atomic E-state index is -1.27. The average molecular weight is 860 g/mol. The van der Waals surface area contributed by atoms with E-state index in [1.54, 1.807) is 0 Å². The van der Waals surface area contributed by atoms with Gasteiger partial charge in [-0.3, -0.25) is 24.0 Å². The Balaban J connectivity index is 1.87. The Morgan fingerprint density at radius 3 is 1.26 bits per heavy atom. The van der Waals surface area contributed by atoms with Crippen molar-refractivity contribution in [2.75, 3.05) is 85.9 Å². The van der Waals surface area contributed by atoms with E-state index in [2.05, 4.69) is 5.32 Å². The summed E-state index contributed by atoms with van der Waals surface area (Å²) in [4.78, 5) is 62.2. The van der Waals surface area contributed by atoms with Crippen LogP contribution >= 0.6 is 0 Å². The van der Waals surface area contributed by atoms with Crippen LogP contribution in [0.15, 0.2) is 54.6 Å². The lowest BCUT2D eigenvalue weighted by Crippen LogP contribution is -2.59. The van der Waals surface area contributed by atoms with Gasteiger partial charge in [-0.25, -0.2) is 0 Å². The number of hydrogen-bond acceptors (Lipinski definition) is 14. The van der Waals surface area contributed by atoms with E-state index < -0.39 is 29.4 Å². The zero-order valence-corrected chi connectivity index (χ0v) is 37.1. The molecule has 0 atom stereocenters. The summed E-state index contributed by atoms with van der Waals surface area (Å²) >= 11 is 0. The minimum absolute atomic E-state index is 0.00141. The van der Waals surface area contributed by atoms with Gasteiger partial charge in [-0.1, -0.05) is 96.1 Å². The van der Waals surface area contributed by atoms with E-state index in [4.69, 9.17) is 42.6 Å². The highest BCUT2D eigenvalue weighted by Gasteiger charge is 2.34. The van der Waals surface area contributed by atoms with Crippen molar-refractivity contribution in [1.29, 1.82) is 0 Å². The molecule has 0 aromatic heterocycles. The Morgan fingerprint density at radius 2 is 0.836 bits per heavy atom. The maximum absolute atomic E-state index is 13.3. The van der Waals surface area contributed by atoms with Gasteiger partial charge in [0.05, 0.1) is 112 Å². The van der Waals surface area contributed by atoms with Crippen LogP contribution < -0.4 is 5.32 Å². The number of rotatable bonds is 34. The summed E-state index contributed by atoms with van der Waals surface area (Å²) in [6.45, 7) is 12.9. The van der Waals surface area contributed by atoms with Crippen LogP contribution in [0, 0.1) is 17.8 Å². The highest BCUT2D eigenvalue weighted by molar-refractivity contribution is 5.77. The van der Waals surface area contributed by atoms with Crippen LogP contribution in [0.2, 0.25) is 0 Å². The van der Waals surface area contributed by atoms with Gasteiger partial charge in [0, 0.05) is 6.42 Å². The first kappa shape index (κ1) is 52.7. The van der Waals surface area contributed by atoms with E-state index in [1.165, 1.54) is 0 Å². The summed E-state index contributed by atoms with van der Waals surface area (Å²) in [7, 11) is 0. The molecule has 342 valence electrons. The summed E-state index contributed by atoms with van der Waals surface area (Å²) in [5.41, 5.74) is 1.80. The molecule has 0 heterocycles. The van der Waals surface area contributed by atoms with Gasteiger partial charge in [-0.15, -0.1) is 0 Å². The third kappa shape index (κ3) is 26.5. The largest absolute Gasteiger partial charge is 0.465 e. The van der Waals surface area contributed by atoms with Gasteiger partial charge in [-0.2, -0.15) is 0 Å². The monoisotopic (exact) mass is 859 g/mol. The fraction of sp³-hybridized carbons (Fsp3) is 0.630. The maximum Gasteiger partial charge on any atom is 0.308 e. The summed E-state index contributed by atoms with van der Waals surface area (Å²) in [6.07, 6.45) is 0.00979. The molecule has 0 aliphatic heterocycles. The predicted octanol–water partition coefficient (Wildman–Crippen LogP) is 5.88. The second kappa shape index (κ2) is 31.4. The molecule has 0 bridgehead atoms. The Labute approximate surface area is 361 Å². The maximum atomic E-state index is 13.3. The highest BCUT2D eigenvalue weighted by atomic mass is 16.6. The smallest absolute Gasteiger partial charge is 0.308 e. The first-order valence-electron chi connectivity index (χ1n) is 21.2. The van der Waals surface area contributed by atoms with Crippen LogP contribution in [0.5, 0.6) is 0 Å². The molecule has 0 fully saturated rings. The van der Waals surface area contributed by atoms with E-state index in [9.17, 15) is 24.0 Å². The van der Waals surface area contributed by atoms with E-state index in [0.717, 1.165) is 16.7 Å². The summed E-state index contributed by atoms with van der Waals surface area (Å²) in [6, 6.07) is 17.9. The molecular formula is C46H69NO14. The molecule has 0 radical (unpaired) electrons. The molecule has 2 aromatic rings. The Kier molecular flexibility index (Phi) is 27.2. The lowest BCUT2D eigenvalue weighted by atomic mass is 10.0. The van der Waals surface area contributed by atoms with Gasteiger partial charge < -0.3 is 47.9 Å². The van der Waals surface area contributed by atoms with Crippen molar-refractivity contribution >= 4 is 29.8 Å². The molecule has 0 saturated heterocycles. The van der Waals surface area contributed by atoms with Crippen molar-refractivity contribution in [2.45, 2.75) is 85.8 Å². The van der Waals surface area contributed by atoms with E-state index in [1.807, 2.05) is 96.1 Å². The lowest BCUT2D eigenvalue weighted by Gasteiger charge is -2.34. The summed E-state index contributed by atoms with van der Waals surface area (Å²) in [5.74, 6) is -1.50. The molecule has 1 amide bonds. The van der Waals surface area contributed by atoms with Crippen LogP contribution in [0.1, 0.15) is 79.2 Å². The Hall–Kier alpha value is -4.41. The van der Waals surface area contributed by atoms with Crippen molar-refractivity contribution in [1.82, 2.24) is 5.32 Å². The van der Waals surface area contributed by atoms with Crippen molar-refractivity contribution in [3.8, 4) is 11.1 Å². The van der Waals surface area contributed by atoms with Crippen LogP contribution in [-0.4, -0.2) is 121 Å². The summed E-state index contributed by atoms with van der Waals surface area (Å²) in [5, 5.41) is 2.95. The Morgan fingerprint density at radius 1 is 0.459 bits per heavy atom. The van der Waals surface area contributed by atoms with E-state index in [0.29, 0.717) is 0 Å². The van der Waals surface area contributed by atoms with E-state index in [-0.39, 0.29) is 148 Å². The van der Waals surface area contributed by atoms with Gasteiger partial charge in [0.2, 0.25) is 5.91 Å². The zero-order chi connectivity index (χ0) is 44.7. The average Bonchev–Trinajstić information content (AvgIpc) is 3.23. The van der Waals surface area contributed by atoms with E-state index >= 15 is 0 Å². The van der Waals surface area contributed by atoms with Crippen LogP contribution in [0.25, 0.3) is 11.1 Å². The number of nitrogens with one attached hydrogen (secondary N) is 1. The molecule has 2 rings (SSSR count). The molecule has 0 aliphatic carbocycles. The Bertz CT molecular complexity index is 1450. The standard InChI is InChI=1S/C46H69NO14/c1-35(2)28-58-42(49)18-23-55-32-46(33-56-24-19-43(50)59-29-36(3)4,34-57-25-20-44(51)60-30-37(5)6)47-41(48)16-21-53-26-27-54-22-17-45(52)61-31-38-12-14-40(15-13-38)39-10-8-7-9-11-39/h7-15,35-37H,16-34H2,1-6H3,(H,47,48). The quantitative estimate of drug-likeness (QED) is 0.0501. The van der Waals surface area contributed by atoms with Gasteiger partial charge in [-0.05, 0) is 34.4 Å². The zero-order valence-electron chi connectivity index (χ0n) is 37.1. The lowest BCUT2D eigenvalue weighted by molar-refractivity contribution is -0.148. The topological polar surface area (TPSA) is 180 Å². The van der Waals surface area contributed by atoms with Crippen molar-refractivity contribution in [3.63, 3.8) is 0 Å². The molecule has 0 saturated carbocycles. The van der Waals surface area contributed by atoms with Gasteiger partial charge in [0.15, 0.2) is 0 Å². The van der Waals surface area contributed by atoms with Crippen LogP contribution in [0.4, 0.5) is 0 Å². The molecular weight excluding hydrogens is 790 g/mol. The fourth-order valence-electron chi connectivity index (χ4n) is 5.16. The minimum Gasteiger partial charge on any atom is -0.465 e. The molecule has 1 N–H and O–H groups in total. The van der Waals surface area contributed by atoms with Crippen molar-refractivity contribution in [2.24, 2.45) is 17.8 Å². The molecule has 0 aliphatic rings. The van der Waals surface area contributed by atoms with Crippen LogP contribution in [-0.2, 0) is 73.2 Å². The third-order valence-electron chi connectivity index (χ3n) is 8.38. The number of ether oxygens (including phenoxy) is 9. The van der Waals surface area contributed by atoms with Crippen molar-refractivity contribution < 1.29 is 66.6 Å². The SMILES string of the molecule is CC(C)COC(=O)CCOCC(COCCC(=O)OCC(C)C)(COCCC(=O)OCC(C)C)NC(=O)CCOCCOCCC(=O)OCc1ccc(-c2ccccc2)cc1. The number of hydrogen-bond donors (Lipinski definition) is 1. The number of esters is 4. The first-order chi connectivity index (χ1) is 29.3. The molecule has 2 aromatic carbocycles. The van der Waals surface area contributed by atoms with Gasteiger partial charge >= 0.3 is 23.9 Å². The molecule has 15 heteroatoms. The second-order valence-corrected chi connectivity index (χ2v) is 15.9. The number of benzene rings is 2. The first-order valence-corrected chi connectivity index (χ1v) is 21.2. The second-order valence-electron chi connectivity index (χ2n) is 15.9. The predicted molar refractivity (Wildman–Crippen MR) is 227 cm³/mol. The molecule has 15 nitrogen and oxygen atoms in total. The highest BCUT2D eigenvalue weighted by Crippen LogP contribution is 2.19.